The van der Waals surface area contributed by atoms with E-state index in [9.17, 15) is 0 Å². The lowest BCUT2D eigenvalue weighted by Gasteiger charge is -2.33. The van der Waals surface area contributed by atoms with Crippen LogP contribution in [0.5, 0.6) is 0 Å². The van der Waals surface area contributed by atoms with Gasteiger partial charge < -0.3 is 10.2 Å². The van der Waals surface area contributed by atoms with Crippen LogP contribution < -0.4 is 5.32 Å². The number of nitrogens with one attached hydrogen (secondary N) is 1. The summed E-state index contributed by atoms with van der Waals surface area (Å²) in [5, 5.41) is 3.71. The Bertz CT molecular complexity index is 170. The third kappa shape index (κ3) is 4.84. The highest BCUT2D eigenvalue weighted by Gasteiger charge is 2.18. The largest absolute Gasteiger partial charge is 0.314 e. The summed E-state index contributed by atoms with van der Waals surface area (Å²) in [5.74, 6) is 0. The van der Waals surface area contributed by atoms with Crippen molar-refractivity contribution in [3.05, 3.63) is 0 Å². The van der Waals surface area contributed by atoms with Crippen molar-refractivity contribution in [2.45, 2.75) is 70.9 Å². The van der Waals surface area contributed by atoms with E-state index in [0.717, 1.165) is 12.1 Å². The highest BCUT2D eigenvalue weighted by molar-refractivity contribution is 4.75. The minimum Gasteiger partial charge on any atom is -0.314 e. The Morgan fingerprint density at radius 1 is 1.31 bits per heavy atom. The van der Waals surface area contributed by atoms with Crippen molar-refractivity contribution in [3.63, 3.8) is 0 Å². The quantitative estimate of drug-likeness (QED) is 0.718. The standard InChI is InChI=1S/C14H30N2/c1-4-8-13(5-2)15-11-10-14-9-6-7-12-16(14)3/h13-15H,4-12H2,1-3H3. The van der Waals surface area contributed by atoms with Gasteiger partial charge in [-0.05, 0) is 52.2 Å². The molecule has 2 atom stereocenters. The molecule has 0 radical (unpaired) electrons. The number of likely N-dealkylation sites (tertiary alicyclic amines) is 1. The topological polar surface area (TPSA) is 15.3 Å². The van der Waals surface area contributed by atoms with Gasteiger partial charge in [-0.15, -0.1) is 0 Å². The molecule has 1 heterocycles. The normalized spacial score (nSPS) is 24.6. The molecule has 1 N–H and O–H groups in total. The van der Waals surface area contributed by atoms with Crippen LogP contribution in [0.3, 0.4) is 0 Å². The summed E-state index contributed by atoms with van der Waals surface area (Å²) < 4.78 is 0. The molecule has 1 fully saturated rings. The maximum absolute atomic E-state index is 3.71. The van der Waals surface area contributed by atoms with Gasteiger partial charge in [0.15, 0.2) is 0 Å². The summed E-state index contributed by atoms with van der Waals surface area (Å²) in [4.78, 5) is 2.55. The minimum absolute atomic E-state index is 0.749. The van der Waals surface area contributed by atoms with Crippen molar-refractivity contribution >= 4 is 0 Å². The summed E-state index contributed by atoms with van der Waals surface area (Å²) >= 11 is 0. The molecule has 96 valence electrons. The molecule has 0 spiro atoms. The number of piperidine rings is 1. The van der Waals surface area contributed by atoms with Crippen molar-refractivity contribution in [1.82, 2.24) is 10.2 Å². The predicted molar refractivity (Wildman–Crippen MR) is 71.9 cm³/mol. The second kappa shape index (κ2) is 8.08. The highest BCUT2D eigenvalue weighted by atomic mass is 15.1. The van der Waals surface area contributed by atoms with E-state index in [0.29, 0.717) is 0 Å². The Hall–Kier alpha value is -0.0800. The third-order valence-corrected chi connectivity index (χ3v) is 3.96. The molecule has 0 aromatic rings. The first-order valence-electron chi connectivity index (χ1n) is 7.21. The predicted octanol–water partition coefficient (Wildman–Crippen LogP) is 3.03. The zero-order valence-corrected chi connectivity index (χ0v) is 11.5. The van der Waals surface area contributed by atoms with Crippen LogP contribution >= 0.6 is 0 Å². The smallest absolute Gasteiger partial charge is 0.0104 e. The van der Waals surface area contributed by atoms with Crippen molar-refractivity contribution in [2.75, 3.05) is 20.1 Å². The van der Waals surface area contributed by atoms with Crippen LogP contribution in [0.4, 0.5) is 0 Å². The summed E-state index contributed by atoms with van der Waals surface area (Å²) in [6.45, 7) is 7.07. The van der Waals surface area contributed by atoms with Gasteiger partial charge >= 0.3 is 0 Å². The number of hydrogen-bond acceptors (Lipinski definition) is 2. The molecule has 1 aliphatic rings. The van der Waals surface area contributed by atoms with E-state index < -0.39 is 0 Å². The van der Waals surface area contributed by atoms with Crippen LogP contribution in [-0.2, 0) is 0 Å². The van der Waals surface area contributed by atoms with Gasteiger partial charge in [-0.2, -0.15) is 0 Å². The van der Waals surface area contributed by atoms with Crippen LogP contribution in [0.15, 0.2) is 0 Å². The molecule has 1 aliphatic heterocycles. The van der Waals surface area contributed by atoms with Gasteiger partial charge in [-0.1, -0.05) is 26.7 Å². The molecule has 0 aromatic carbocycles. The average molecular weight is 226 g/mol. The summed E-state index contributed by atoms with van der Waals surface area (Å²) in [5.41, 5.74) is 0. The minimum atomic E-state index is 0.749. The molecule has 0 aliphatic carbocycles. The third-order valence-electron chi connectivity index (χ3n) is 3.96. The monoisotopic (exact) mass is 226 g/mol. The molecule has 16 heavy (non-hydrogen) atoms. The van der Waals surface area contributed by atoms with E-state index in [1.54, 1.807) is 0 Å². The van der Waals surface area contributed by atoms with E-state index in [1.165, 1.54) is 58.0 Å². The first kappa shape index (κ1) is 14.0. The van der Waals surface area contributed by atoms with E-state index in [1.807, 2.05) is 0 Å². The Morgan fingerprint density at radius 2 is 2.12 bits per heavy atom. The fourth-order valence-electron chi connectivity index (χ4n) is 2.76. The molecule has 0 amide bonds. The van der Waals surface area contributed by atoms with Crippen LogP contribution in [0.1, 0.15) is 58.8 Å². The van der Waals surface area contributed by atoms with Gasteiger partial charge in [-0.25, -0.2) is 0 Å². The van der Waals surface area contributed by atoms with Crippen molar-refractivity contribution in [2.24, 2.45) is 0 Å². The SMILES string of the molecule is CCCC(CC)NCCC1CCCCN1C. The molecule has 0 aromatic heterocycles. The van der Waals surface area contributed by atoms with Crippen LogP contribution in [0.2, 0.25) is 0 Å². The second-order valence-electron chi connectivity index (χ2n) is 5.27. The molecule has 0 saturated carbocycles. The second-order valence-corrected chi connectivity index (χ2v) is 5.27. The van der Waals surface area contributed by atoms with Crippen molar-refractivity contribution in [1.29, 1.82) is 0 Å². The molecule has 1 rings (SSSR count). The van der Waals surface area contributed by atoms with Gasteiger partial charge in [0.25, 0.3) is 0 Å². The lowest BCUT2D eigenvalue weighted by Crippen LogP contribution is -2.39. The van der Waals surface area contributed by atoms with Gasteiger partial charge in [0.2, 0.25) is 0 Å². The van der Waals surface area contributed by atoms with E-state index in [-0.39, 0.29) is 0 Å². The molecule has 2 nitrogen and oxygen atoms in total. The fourth-order valence-corrected chi connectivity index (χ4v) is 2.76. The van der Waals surface area contributed by atoms with E-state index >= 15 is 0 Å². The molecular weight excluding hydrogens is 196 g/mol. The van der Waals surface area contributed by atoms with Gasteiger partial charge in [0.05, 0.1) is 0 Å². The molecule has 0 bridgehead atoms. The number of hydrogen-bond donors (Lipinski definition) is 1. The fraction of sp³-hybridized carbons (Fsp3) is 1.00. The Kier molecular flexibility index (Phi) is 7.06. The lowest BCUT2D eigenvalue weighted by molar-refractivity contribution is 0.174. The zero-order valence-electron chi connectivity index (χ0n) is 11.5. The summed E-state index contributed by atoms with van der Waals surface area (Å²) in [6.07, 6.45) is 9.47. The highest BCUT2D eigenvalue weighted by Crippen LogP contribution is 2.17. The Balaban J connectivity index is 2.13. The molecule has 1 saturated heterocycles. The maximum atomic E-state index is 3.71. The first-order valence-corrected chi connectivity index (χ1v) is 7.21. The number of nitrogens with zero attached hydrogens (tertiary/aromatic N) is 1. The average Bonchev–Trinajstić information content (AvgIpc) is 2.30. The van der Waals surface area contributed by atoms with Gasteiger partial charge in [0.1, 0.15) is 0 Å². The molecule has 2 unspecified atom stereocenters. The first-order chi connectivity index (χ1) is 7.77. The molecule has 2 heteroatoms. The lowest BCUT2D eigenvalue weighted by atomic mass is 10.00. The van der Waals surface area contributed by atoms with Crippen LogP contribution in [0.25, 0.3) is 0 Å². The summed E-state index contributed by atoms with van der Waals surface area (Å²) in [7, 11) is 2.28. The summed E-state index contributed by atoms with van der Waals surface area (Å²) in [6, 6.07) is 1.58. The zero-order chi connectivity index (χ0) is 11.8. The van der Waals surface area contributed by atoms with Gasteiger partial charge in [-0.3, -0.25) is 0 Å². The van der Waals surface area contributed by atoms with Crippen molar-refractivity contribution in [3.8, 4) is 0 Å². The van der Waals surface area contributed by atoms with E-state index in [2.05, 4.69) is 31.1 Å². The van der Waals surface area contributed by atoms with E-state index in [4.69, 9.17) is 0 Å². The number of rotatable bonds is 7. The van der Waals surface area contributed by atoms with Crippen LogP contribution in [0, 0.1) is 0 Å². The Morgan fingerprint density at radius 3 is 2.75 bits per heavy atom. The maximum Gasteiger partial charge on any atom is 0.0104 e. The van der Waals surface area contributed by atoms with Crippen molar-refractivity contribution < 1.29 is 0 Å². The van der Waals surface area contributed by atoms with Crippen LogP contribution in [-0.4, -0.2) is 37.1 Å². The van der Waals surface area contributed by atoms with Gasteiger partial charge in [0, 0.05) is 12.1 Å². The molecular formula is C14H30N2. The Labute approximate surface area is 102 Å².